The van der Waals surface area contributed by atoms with Gasteiger partial charge in [0, 0.05) is 11.1 Å². The summed E-state index contributed by atoms with van der Waals surface area (Å²) < 4.78 is 0. The van der Waals surface area contributed by atoms with Gasteiger partial charge in [0.15, 0.2) is 6.29 Å². The van der Waals surface area contributed by atoms with E-state index in [1.807, 2.05) is 32.9 Å². The number of hydrogen-bond donors (Lipinski definition) is 2. The molecule has 1 amide bonds. The number of unbranched alkanes of at least 4 members (excludes halogenated alkanes) is 2. The van der Waals surface area contributed by atoms with E-state index in [-0.39, 0.29) is 0 Å². The SMILES string of the molecule is Cc1cc(C=O)c(Cl)cc1CCCCCC(C)(C)NC(=O)O. The Bertz CT molecular complexity index is 541. The van der Waals surface area contributed by atoms with Crippen molar-refractivity contribution in [2.45, 2.75) is 58.4 Å². The molecule has 0 aliphatic rings. The van der Waals surface area contributed by atoms with Crippen LogP contribution in [-0.2, 0) is 6.42 Å². The van der Waals surface area contributed by atoms with E-state index in [0.717, 1.165) is 44.0 Å². The molecule has 0 aromatic heterocycles. The summed E-state index contributed by atoms with van der Waals surface area (Å²) in [5.41, 5.74) is 2.39. The van der Waals surface area contributed by atoms with Crippen LogP contribution in [-0.4, -0.2) is 23.0 Å². The van der Waals surface area contributed by atoms with Crippen molar-refractivity contribution in [2.24, 2.45) is 0 Å². The maximum absolute atomic E-state index is 10.8. The molecule has 5 heteroatoms. The predicted molar refractivity (Wildman–Crippen MR) is 89.0 cm³/mol. The minimum absolute atomic E-state index is 0.392. The van der Waals surface area contributed by atoms with E-state index < -0.39 is 11.6 Å². The van der Waals surface area contributed by atoms with Crippen LogP contribution in [0.2, 0.25) is 5.02 Å². The van der Waals surface area contributed by atoms with Crippen LogP contribution in [0.4, 0.5) is 4.79 Å². The van der Waals surface area contributed by atoms with Crippen LogP contribution in [0.15, 0.2) is 12.1 Å². The largest absolute Gasteiger partial charge is 0.465 e. The monoisotopic (exact) mass is 325 g/mol. The van der Waals surface area contributed by atoms with Gasteiger partial charge in [0.1, 0.15) is 0 Å². The molecule has 1 rings (SSSR count). The number of benzene rings is 1. The molecule has 0 heterocycles. The number of rotatable bonds is 8. The molecular formula is C17H24ClNO3. The van der Waals surface area contributed by atoms with Crippen LogP contribution in [0.25, 0.3) is 0 Å². The first-order valence-corrected chi connectivity index (χ1v) is 7.88. The molecule has 0 atom stereocenters. The third-order valence-electron chi connectivity index (χ3n) is 3.78. The lowest BCUT2D eigenvalue weighted by molar-refractivity contribution is 0.112. The molecule has 4 nitrogen and oxygen atoms in total. The number of halogens is 1. The molecule has 1 aromatic rings. The number of carbonyl (C=O) groups excluding carboxylic acids is 1. The number of carbonyl (C=O) groups is 2. The molecule has 0 fully saturated rings. The highest BCUT2D eigenvalue weighted by Gasteiger charge is 2.19. The number of amides is 1. The number of aldehydes is 1. The summed E-state index contributed by atoms with van der Waals surface area (Å²) in [6, 6.07) is 3.70. The summed E-state index contributed by atoms with van der Waals surface area (Å²) in [7, 11) is 0. The van der Waals surface area contributed by atoms with E-state index >= 15 is 0 Å². The highest BCUT2D eigenvalue weighted by molar-refractivity contribution is 6.33. The quantitative estimate of drug-likeness (QED) is 0.541. The van der Waals surface area contributed by atoms with E-state index in [1.54, 1.807) is 0 Å². The summed E-state index contributed by atoms with van der Waals surface area (Å²) in [6.07, 6.45) is 4.52. The first-order valence-electron chi connectivity index (χ1n) is 7.50. The standard InChI is InChI=1S/C17H24ClNO3/c1-12-9-14(11-20)15(18)10-13(12)7-5-4-6-8-17(2,3)19-16(21)22/h9-11,19H,4-8H2,1-3H3,(H,21,22). The fraction of sp³-hybridized carbons (Fsp3) is 0.529. The number of aryl methyl sites for hydroxylation is 2. The summed E-state index contributed by atoms with van der Waals surface area (Å²) in [5, 5.41) is 11.8. The number of carboxylic acid groups (broad SMARTS) is 1. The topological polar surface area (TPSA) is 66.4 Å². The second-order valence-electron chi connectivity index (χ2n) is 6.29. The Kier molecular flexibility index (Phi) is 6.88. The van der Waals surface area contributed by atoms with Crippen LogP contribution >= 0.6 is 11.6 Å². The minimum Gasteiger partial charge on any atom is -0.465 e. The van der Waals surface area contributed by atoms with E-state index in [9.17, 15) is 9.59 Å². The zero-order valence-corrected chi connectivity index (χ0v) is 14.2. The Morgan fingerprint density at radius 1 is 1.32 bits per heavy atom. The van der Waals surface area contributed by atoms with Gasteiger partial charge in [0.25, 0.3) is 0 Å². The third-order valence-corrected chi connectivity index (χ3v) is 4.10. The Labute approximate surface area is 136 Å². The van der Waals surface area contributed by atoms with E-state index in [1.165, 1.54) is 5.56 Å². The summed E-state index contributed by atoms with van der Waals surface area (Å²) in [4.78, 5) is 21.5. The zero-order valence-electron chi connectivity index (χ0n) is 13.4. The molecule has 122 valence electrons. The maximum Gasteiger partial charge on any atom is 0.405 e. The Hall–Kier alpha value is -1.55. The smallest absolute Gasteiger partial charge is 0.405 e. The van der Waals surface area contributed by atoms with Crippen molar-refractivity contribution in [1.82, 2.24) is 5.32 Å². The fourth-order valence-electron chi connectivity index (χ4n) is 2.52. The van der Waals surface area contributed by atoms with Crippen molar-refractivity contribution in [2.75, 3.05) is 0 Å². The van der Waals surface area contributed by atoms with Crippen molar-refractivity contribution in [3.05, 3.63) is 33.8 Å². The van der Waals surface area contributed by atoms with Gasteiger partial charge in [-0.2, -0.15) is 0 Å². The molecule has 0 bridgehead atoms. The Balaban J connectivity index is 2.41. The minimum atomic E-state index is -0.981. The van der Waals surface area contributed by atoms with Crippen molar-refractivity contribution in [3.63, 3.8) is 0 Å². The first kappa shape index (κ1) is 18.5. The lowest BCUT2D eigenvalue weighted by Gasteiger charge is -2.24. The highest BCUT2D eigenvalue weighted by Crippen LogP contribution is 2.22. The summed E-state index contributed by atoms with van der Waals surface area (Å²) in [5.74, 6) is 0. The van der Waals surface area contributed by atoms with Crippen LogP contribution in [0.5, 0.6) is 0 Å². The van der Waals surface area contributed by atoms with Crippen LogP contribution in [0, 0.1) is 6.92 Å². The van der Waals surface area contributed by atoms with Crippen molar-refractivity contribution in [1.29, 1.82) is 0 Å². The van der Waals surface area contributed by atoms with Gasteiger partial charge in [-0.3, -0.25) is 4.79 Å². The molecule has 22 heavy (non-hydrogen) atoms. The van der Waals surface area contributed by atoms with Gasteiger partial charge >= 0.3 is 6.09 Å². The van der Waals surface area contributed by atoms with E-state index in [0.29, 0.717) is 10.6 Å². The van der Waals surface area contributed by atoms with E-state index in [2.05, 4.69) is 5.32 Å². The number of hydrogen-bond acceptors (Lipinski definition) is 2. The highest BCUT2D eigenvalue weighted by atomic mass is 35.5. The maximum atomic E-state index is 10.8. The van der Waals surface area contributed by atoms with Crippen molar-refractivity contribution in [3.8, 4) is 0 Å². The first-order chi connectivity index (χ1) is 10.2. The van der Waals surface area contributed by atoms with Crippen molar-refractivity contribution < 1.29 is 14.7 Å². The Morgan fingerprint density at radius 2 is 2.00 bits per heavy atom. The molecule has 1 aromatic carbocycles. The molecule has 0 unspecified atom stereocenters. The molecule has 0 saturated heterocycles. The van der Waals surface area contributed by atoms with Crippen LogP contribution in [0.1, 0.15) is 61.0 Å². The van der Waals surface area contributed by atoms with Gasteiger partial charge < -0.3 is 10.4 Å². The van der Waals surface area contributed by atoms with E-state index in [4.69, 9.17) is 16.7 Å². The number of nitrogens with one attached hydrogen (secondary N) is 1. The average molecular weight is 326 g/mol. The zero-order chi connectivity index (χ0) is 16.8. The van der Waals surface area contributed by atoms with Gasteiger partial charge in [-0.1, -0.05) is 24.4 Å². The van der Waals surface area contributed by atoms with Gasteiger partial charge in [0.05, 0.1) is 5.02 Å². The molecule has 0 radical (unpaired) electrons. The summed E-state index contributed by atoms with van der Waals surface area (Å²) >= 11 is 6.05. The second kappa shape index (κ2) is 8.18. The lowest BCUT2D eigenvalue weighted by atomic mass is 9.95. The third kappa shape index (κ3) is 6.06. The molecule has 2 N–H and O–H groups in total. The average Bonchev–Trinajstić information content (AvgIpc) is 2.40. The molecule has 0 aliphatic carbocycles. The summed E-state index contributed by atoms with van der Waals surface area (Å²) in [6.45, 7) is 5.77. The predicted octanol–water partition coefficient (Wildman–Crippen LogP) is 4.61. The van der Waals surface area contributed by atoms with Gasteiger partial charge in [0.2, 0.25) is 0 Å². The second-order valence-corrected chi connectivity index (χ2v) is 6.70. The van der Waals surface area contributed by atoms with Crippen LogP contribution in [0.3, 0.4) is 0 Å². The molecular weight excluding hydrogens is 302 g/mol. The van der Waals surface area contributed by atoms with Crippen molar-refractivity contribution >= 4 is 24.0 Å². The van der Waals surface area contributed by atoms with Crippen LogP contribution < -0.4 is 5.32 Å². The molecule has 0 saturated carbocycles. The lowest BCUT2D eigenvalue weighted by Crippen LogP contribution is -2.42. The Morgan fingerprint density at radius 3 is 2.59 bits per heavy atom. The normalized spacial score (nSPS) is 11.3. The molecule has 0 aliphatic heterocycles. The fourth-order valence-corrected chi connectivity index (χ4v) is 2.75. The van der Waals surface area contributed by atoms with Gasteiger partial charge in [-0.15, -0.1) is 0 Å². The van der Waals surface area contributed by atoms with Gasteiger partial charge in [-0.25, -0.2) is 4.79 Å². The molecule has 0 spiro atoms. The van der Waals surface area contributed by atoms with Gasteiger partial charge in [-0.05, 0) is 63.3 Å².